The van der Waals surface area contributed by atoms with Gasteiger partial charge in [-0.3, -0.25) is 14.9 Å². The lowest BCUT2D eigenvalue weighted by Crippen LogP contribution is -2.43. The molecular weight excluding hydrogens is 498 g/mol. The van der Waals surface area contributed by atoms with Crippen LogP contribution >= 0.6 is 0 Å². The van der Waals surface area contributed by atoms with Gasteiger partial charge in [-0.25, -0.2) is 4.79 Å². The summed E-state index contributed by atoms with van der Waals surface area (Å²) >= 11 is 0. The average Bonchev–Trinajstić information content (AvgIpc) is 3.26. The van der Waals surface area contributed by atoms with Gasteiger partial charge in [-0.15, -0.1) is 0 Å². The third-order valence-corrected chi connectivity index (χ3v) is 7.25. The Balaban J connectivity index is 1.81. The average molecular weight is 538 g/mol. The largest absolute Gasteiger partial charge is 0.496 e. The lowest BCUT2D eigenvalue weighted by atomic mass is 9.82. The van der Waals surface area contributed by atoms with Crippen molar-refractivity contribution in [3.05, 3.63) is 59.3 Å². The summed E-state index contributed by atoms with van der Waals surface area (Å²) in [5.74, 6) is -0.0276. The number of benzene rings is 2. The SMILES string of the molecule is CCCOC(=O)Nc1ccc2c(c1)c(Cc1ccc(C(=O)NCC(CC)(CC)C(=O)OC)cc1OC)cn2C. The van der Waals surface area contributed by atoms with Crippen LogP contribution in [-0.2, 0) is 27.7 Å². The Bertz CT molecular complexity index is 1330. The fraction of sp³-hybridized carbons (Fsp3) is 0.433. The summed E-state index contributed by atoms with van der Waals surface area (Å²) in [5, 5.41) is 6.67. The number of ether oxygens (including phenoxy) is 3. The Morgan fingerprint density at radius 1 is 0.974 bits per heavy atom. The van der Waals surface area contributed by atoms with Crippen molar-refractivity contribution in [1.29, 1.82) is 0 Å². The first-order valence-corrected chi connectivity index (χ1v) is 13.3. The van der Waals surface area contributed by atoms with E-state index >= 15 is 0 Å². The van der Waals surface area contributed by atoms with Crippen LogP contribution in [0.5, 0.6) is 5.75 Å². The van der Waals surface area contributed by atoms with Gasteiger partial charge in [-0.05, 0) is 60.7 Å². The number of rotatable bonds is 12. The Labute approximate surface area is 229 Å². The highest BCUT2D eigenvalue weighted by atomic mass is 16.5. The molecule has 9 heteroatoms. The number of carbonyl (C=O) groups excluding carboxylic acids is 3. The van der Waals surface area contributed by atoms with Crippen molar-refractivity contribution in [2.75, 3.05) is 32.7 Å². The fourth-order valence-electron chi connectivity index (χ4n) is 4.71. The smallest absolute Gasteiger partial charge is 0.411 e. The zero-order chi connectivity index (χ0) is 28.6. The molecule has 0 unspecified atom stereocenters. The fourth-order valence-corrected chi connectivity index (χ4v) is 4.71. The molecule has 0 fully saturated rings. The number of aryl methyl sites for hydroxylation is 1. The zero-order valence-corrected chi connectivity index (χ0v) is 23.7. The number of aromatic nitrogens is 1. The van der Waals surface area contributed by atoms with Crippen LogP contribution in [0, 0.1) is 5.41 Å². The Morgan fingerprint density at radius 2 is 1.72 bits per heavy atom. The number of anilines is 1. The summed E-state index contributed by atoms with van der Waals surface area (Å²) in [6.45, 7) is 6.32. The van der Waals surface area contributed by atoms with Gasteiger partial charge in [0.1, 0.15) is 5.75 Å². The third-order valence-electron chi connectivity index (χ3n) is 7.25. The molecule has 39 heavy (non-hydrogen) atoms. The second kappa shape index (κ2) is 13.2. The molecule has 0 atom stereocenters. The molecule has 2 N–H and O–H groups in total. The maximum Gasteiger partial charge on any atom is 0.411 e. The van der Waals surface area contributed by atoms with E-state index in [-0.39, 0.29) is 18.4 Å². The van der Waals surface area contributed by atoms with E-state index in [1.54, 1.807) is 19.2 Å². The predicted molar refractivity (Wildman–Crippen MR) is 151 cm³/mol. The van der Waals surface area contributed by atoms with Crippen molar-refractivity contribution >= 4 is 34.6 Å². The number of hydrogen-bond donors (Lipinski definition) is 2. The Hall–Kier alpha value is -4.01. The maximum atomic E-state index is 13.0. The van der Waals surface area contributed by atoms with Gasteiger partial charge < -0.3 is 24.1 Å². The van der Waals surface area contributed by atoms with E-state index < -0.39 is 11.5 Å². The minimum absolute atomic E-state index is 0.188. The predicted octanol–water partition coefficient (Wildman–Crippen LogP) is 5.45. The summed E-state index contributed by atoms with van der Waals surface area (Å²) in [4.78, 5) is 37.4. The Kier molecular flexibility index (Phi) is 9.98. The lowest BCUT2D eigenvalue weighted by Gasteiger charge is -2.28. The number of nitrogens with one attached hydrogen (secondary N) is 2. The van der Waals surface area contributed by atoms with E-state index in [0.717, 1.165) is 28.5 Å². The van der Waals surface area contributed by atoms with E-state index in [2.05, 4.69) is 10.6 Å². The van der Waals surface area contributed by atoms with Gasteiger partial charge in [0, 0.05) is 48.4 Å². The lowest BCUT2D eigenvalue weighted by molar-refractivity contribution is -0.152. The van der Waals surface area contributed by atoms with E-state index in [1.165, 1.54) is 7.11 Å². The molecular formula is C30H39N3O6. The minimum Gasteiger partial charge on any atom is -0.496 e. The van der Waals surface area contributed by atoms with Crippen molar-refractivity contribution in [2.45, 2.75) is 46.5 Å². The number of hydrogen-bond acceptors (Lipinski definition) is 6. The van der Waals surface area contributed by atoms with E-state index in [1.807, 2.05) is 62.8 Å². The molecule has 1 heterocycles. The molecule has 0 radical (unpaired) electrons. The van der Waals surface area contributed by atoms with Crippen LogP contribution in [0.4, 0.5) is 10.5 Å². The molecule has 0 spiro atoms. The first kappa shape index (κ1) is 29.5. The summed E-state index contributed by atoms with van der Waals surface area (Å²) in [7, 11) is 4.91. The van der Waals surface area contributed by atoms with Crippen LogP contribution < -0.4 is 15.4 Å². The van der Waals surface area contributed by atoms with Crippen molar-refractivity contribution in [1.82, 2.24) is 9.88 Å². The molecule has 1 aromatic heterocycles. The topological polar surface area (TPSA) is 108 Å². The van der Waals surface area contributed by atoms with Crippen LogP contribution in [0.3, 0.4) is 0 Å². The van der Waals surface area contributed by atoms with E-state index in [9.17, 15) is 14.4 Å². The molecule has 2 aromatic carbocycles. The second-order valence-corrected chi connectivity index (χ2v) is 9.62. The minimum atomic E-state index is -0.761. The standard InChI is InChI=1S/C30H39N3O6/c1-7-14-39-29(36)32-23-12-13-25-24(17-23)22(18-33(25)4)15-20-10-11-21(16-26(20)37-5)27(34)31-19-30(8-2,9-3)28(35)38-6/h10-13,16-18H,7-9,14-15,19H2,1-6H3,(H,31,34)(H,32,36). The van der Waals surface area contributed by atoms with Crippen molar-refractivity contribution in [3.63, 3.8) is 0 Å². The molecule has 0 saturated heterocycles. The number of amides is 2. The molecule has 2 amide bonds. The van der Waals surface area contributed by atoms with Gasteiger partial charge in [-0.1, -0.05) is 26.8 Å². The number of fused-ring (bicyclic) bond motifs is 1. The van der Waals surface area contributed by atoms with Gasteiger partial charge in [-0.2, -0.15) is 0 Å². The summed E-state index contributed by atoms with van der Waals surface area (Å²) in [6.07, 6.45) is 3.99. The third kappa shape index (κ3) is 6.71. The molecule has 3 aromatic rings. The maximum absolute atomic E-state index is 13.0. The molecule has 0 saturated carbocycles. The van der Waals surface area contributed by atoms with E-state index in [0.29, 0.717) is 42.9 Å². The van der Waals surface area contributed by atoms with Gasteiger partial charge >= 0.3 is 12.1 Å². The van der Waals surface area contributed by atoms with Crippen LogP contribution in [0.15, 0.2) is 42.6 Å². The first-order chi connectivity index (χ1) is 18.7. The molecule has 3 rings (SSSR count). The molecule has 0 aliphatic carbocycles. The van der Waals surface area contributed by atoms with Crippen LogP contribution in [0.25, 0.3) is 10.9 Å². The van der Waals surface area contributed by atoms with Gasteiger partial charge in [0.2, 0.25) is 0 Å². The highest BCUT2D eigenvalue weighted by Gasteiger charge is 2.36. The molecule has 0 aliphatic heterocycles. The van der Waals surface area contributed by atoms with Crippen molar-refractivity contribution in [3.8, 4) is 5.75 Å². The van der Waals surface area contributed by atoms with Crippen molar-refractivity contribution in [2.24, 2.45) is 12.5 Å². The van der Waals surface area contributed by atoms with Gasteiger partial charge in [0.15, 0.2) is 0 Å². The normalized spacial score (nSPS) is 11.2. The highest BCUT2D eigenvalue weighted by molar-refractivity contribution is 5.95. The highest BCUT2D eigenvalue weighted by Crippen LogP contribution is 2.30. The summed E-state index contributed by atoms with van der Waals surface area (Å²) in [5.41, 5.74) is 3.31. The number of carbonyl (C=O) groups is 3. The van der Waals surface area contributed by atoms with Crippen LogP contribution in [0.1, 0.15) is 61.5 Å². The van der Waals surface area contributed by atoms with Gasteiger partial charge in [0.25, 0.3) is 5.91 Å². The monoisotopic (exact) mass is 537 g/mol. The summed E-state index contributed by atoms with van der Waals surface area (Å²) < 4.78 is 17.8. The number of esters is 1. The molecule has 210 valence electrons. The molecule has 0 bridgehead atoms. The first-order valence-electron chi connectivity index (χ1n) is 13.3. The van der Waals surface area contributed by atoms with E-state index in [4.69, 9.17) is 14.2 Å². The Morgan fingerprint density at radius 3 is 2.36 bits per heavy atom. The van der Waals surface area contributed by atoms with Crippen LogP contribution in [-0.4, -0.2) is 49.9 Å². The number of nitrogens with zero attached hydrogens (tertiary/aromatic N) is 1. The molecule has 9 nitrogen and oxygen atoms in total. The molecule has 0 aliphatic rings. The zero-order valence-electron chi connectivity index (χ0n) is 23.7. The van der Waals surface area contributed by atoms with Crippen LogP contribution in [0.2, 0.25) is 0 Å². The number of methoxy groups -OCH3 is 2. The van der Waals surface area contributed by atoms with Crippen molar-refractivity contribution < 1.29 is 28.6 Å². The quantitative estimate of drug-likeness (QED) is 0.298. The van der Waals surface area contributed by atoms with Gasteiger partial charge in [0.05, 0.1) is 26.2 Å². The second-order valence-electron chi connectivity index (χ2n) is 9.62. The summed E-state index contributed by atoms with van der Waals surface area (Å²) in [6, 6.07) is 11.1.